The van der Waals surface area contributed by atoms with Crippen molar-refractivity contribution in [1.82, 2.24) is 4.90 Å². The number of nitrogens with zero attached hydrogens (tertiary/aromatic N) is 1. The lowest BCUT2D eigenvalue weighted by Crippen LogP contribution is -2.33. The summed E-state index contributed by atoms with van der Waals surface area (Å²) in [6.45, 7) is 1.16. The molecule has 1 atom stereocenters. The largest absolute Gasteiger partial charge is 0.481 e. The van der Waals surface area contributed by atoms with Gasteiger partial charge in [-0.3, -0.25) is 14.5 Å². The van der Waals surface area contributed by atoms with E-state index in [2.05, 4.69) is 0 Å². The van der Waals surface area contributed by atoms with Gasteiger partial charge in [0.15, 0.2) is 0 Å². The van der Waals surface area contributed by atoms with Crippen molar-refractivity contribution in [2.24, 2.45) is 0 Å². The summed E-state index contributed by atoms with van der Waals surface area (Å²) in [7, 11) is 1.57. The molecule has 7 heteroatoms. The van der Waals surface area contributed by atoms with Gasteiger partial charge in [-0.05, 0) is 14.0 Å². The molecule has 16 heavy (non-hydrogen) atoms. The number of hydrogen-bond acceptors (Lipinski definition) is 4. The van der Waals surface area contributed by atoms with Crippen molar-refractivity contribution in [3.63, 3.8) is 0 Å². The molecule has 1 unspecified atom stereocenters. The highest BCUT2D eigenvalue weighted by Crippen LogP contribution is 1.99. The molecule has 0 aromatic heterocycles. The third-order valence-corrected chi connectivity index (χ3v) is 1.97. The van der Waals surface area contributed by atoms with Crippen molar-refractivity contribution >= 4 is 24.3 Å². The molecule has 0 heterocycles. The van der Waals surface area contributed by atoms with Gasteiger partial charge in [-0.2, -0.15) is 0 Å². The van der Waals surface area contributed by atoms with E-state index in [1.165, 1.54) is 4.90 Å². The molecule has 0 aromatic carbocycles. The Bertz CT molecular complexity index is 228. The zero-order valence-electron chi connectivity index (χ0n) is 9.31. The molecular formula is C9H17ClFNO4. The van der Waals surface area contributed by atoms with Crippen LogP contribution in [0.3, 0.4) is 0 Å². The van der Waals surface area contributed by atoms with Gasteiger partial charge in [-0.15, -0.1) is 12.4 Å². The molecule has 0 aliphatic heterocycles. The number of esters is 1. The van der Waals surface area contributed by atoms with E-state index in [0.29, 0.717) is 0 Å². The number of hydrogen-bond donors (Lipinski definition) is 1. The molecule has 0 bridgehead atoms. The minimum Gasteiger partial charge on any atom is -0.481 e. The Kier molecular flexibility index (Phi) is 10.2. The van der Waals surface area contributed by atoms with E-state index in [9.17, 15) is 14.0 Å². The number of alkyl halides is 1. The maximum atomic E-state index is 12.1. The molecule has 0 aliphatic carbocycles. The highest BCUT2D eigenvalue weighted by atomic mass is 35.5. The Morgan fingerprint density at radius 1 is 1.44 bits per heavy atom. The van der Waals surface area contributed by atoms with Crippen LogP contribution in [0, 0.1) is 0 Å². The van der Waals surface area contributed by atoms with E-state index in [4.69, 9.17) is 9.84 Å². The fourth-order valence-electron chi connectivity index (χ4n) is 0.740. The molecular weight excluding hydrogens is 241 g/mol. The molecule has 0 aliphatic rings. The summed E-state index contributed by atoms with van der Waals surface area (Å²) < 4.78 is 16.9. The first-order valence-corrected chi connectivity index (χ1v) is 4.61. The van der Waals surface area contributed by atoms with Gasteiger partial charge in [-0.1, -0.05) is 0 Å². The molecule has 0 rings (SSSR count). The Morgan fingerprint density at radius 3 is 2.44 bits per heavy atom. The van der Waals surface area contributed by atoms with E-state index in [1.807, 2.05) is 0 Å². The summed E-state index contributed by atoms with van der Waals surface area (Å²) in [5.74, 6) is -1.61. The Labute approximate surface area is 100.0 Å². The first-order valence-electron chi connectivity index (χ1n) is 4.61. The van der Waals surface area contributed by atoms with E-state index in [1.54, 1.807) is 14.0 Å². The highest BCUT2D eigenvalue weighted by Gasteiger charge is 2.12. The van der Waals surface area contributed by atoms with Crippen LogP contribution < -0.4 is 0 Å². The zero-order valence-corrected chi connectivity index (χ0v) is 10.1. The molecule has 1 N–H and O–H groups in total. The fraction of sp³-hybridized carbons (Fsp3) is 0.778. The van der Waals surface area contributed by atoms with Crippen LogP contribution in [-0.4, -0.2) is 48.4 Å². The minimum atomic E-state index is -1.04. The van der Waals surface area contributed by atoms with Gasteiger partial charge >= 0.3 is 11.9 Å². The maximum Gasteiger partial charge on any atom is 0.306 e. The first kappa shape index (κ1) is 17.5. The number of aliphatic carboxylic acids is 1. The van der Waals surface area contributed by atoms with Crippen molar-refractivity contribution in [3.8, 4) is 0 Å². The van der Waals surface area contributed by atoms with Gasteiger partial charge in [0, 0.05) is 6.04 Å². The third kappa shape index (κ3) is 8.43. The number of rotatable bonds is 7. The van der Waals surface area contributed by atoms with Crippen LogP contribution >= 0.6 is 12.4 Å². The van der Waals surface area contributed by atoms with E-state index >= 15 is 0 Å². The SMILES string of the molecule is CC(COC(=O)CCC(=O)O)N(C)CF.Cl. The number of carbonyl (C=O) groups excluding carboxylic acids is 1. The molecule has 0 aromatic rings. The standard InChI is InChI=1S/C9H16FNO4.ClH/c1-7(11(2)6-10)5-15-9(14)4-3-8(12)13;/h7H,3-6H2,1-2H3,(H,12,13);1H. The maximum absolute atomic E-state index is 12.1. The molecule has 0 saturated carbocycles. The monoisotopic (exact) mass is 257 g/mol. The molecule has 0 spiro atoms. The number of carbonyl (C=O) groups is 2. The summed E-state index contributed by atoms with van der Waals surface area (Å²) in [5, 5.41) is 8.30. The second-order valence-electron chi connectivity index (χ2n) is 3.30. The van der Waals surface area contributed by atoms with E-state index < -0.39 is 18.7 Å². The predicted octanol–water partition coefficient (Wildman–Crippen LogP) is 1.06. The number of ether oxygens (including phenoxy) is 1. The first-order chi connectivity index (χ1) is 6.97. The highest BCUT2D eigenvalue weighted by molar-refractivity contribution is 5.85. The Balaban J connectivity index is 0. The van der Waals surface area contributed by atoms with E-state index in [0.717, 1.165) is 0 Å². The fourth-order valence-corrected chi connectivity index (χ4v) is 0.740. The van der Waals surface area contributed by atoms with Gasteiger partial charge in [0.25, 0.3) is 0 Å². The molecule has 5 nitrogen and oxygen atoms in total. The van der Waals surface area contributed by atoms with Crippen molar-refractivity contribution in [3.05, 3.63) is 0 Å². The Hall–Kier alpha value is -0.880. The summed E-state index contributed by atoms with van der Waals surface area (Å²) in [6, 6.07) is -0.219. The van der Waals surface area contributed by atoms with E-state index in [-0.39, 0.29) is 37.9 Å². The number of halogens is 2. The van der Waals surface area contributed by atoms with Gasteiger partial charge in [0.05, 0.1) is 12.8 Å². The van der Waals surface area contributed by atoms with Crippen LogP contribution in [0.15, 0.2) is 0 Å². The van der Waals surface area contributed by atoms with Crippen molar-refractivity contribution in [2.75, 3.05) is 20.5 Å². The average molecular weight is 258 g/mol. The van der Waals surface area contributed by atoms with Crippen molar-refractivity contribution < 1.29 is 23.8 Å². The van der Waals surface area contributed by atoms with Gasteiger partial charge in [0.1, 0.15) is 13.4 Å². The lowest BCUT2D eigenvalue weighted by Gasteiger charge is -2.20. The van der Waals surface area contributed by atoms with Crippen LogP contribution in [0.1, 0.15) is 19.8 Å². The van der Waals surface area contributed by atoms with Gasteiger partial charge in [-0.25, -0.2) is 4.39 Å². The Morgan fingerprint density at radius 2 is 2.00 bits per heavy atom. The normalized spacial score (nSPS) is 11.8. The minimum absolute atomic E-state index is 0. The van der Waals surface area contributed by atoms with Crippen LogP contribution in [0.2, 0.25) is 0 Å². The molecule has 0 amide bonds. The van der Waals surface area contributed by atoms with Crippen LogP contribution in [0.4, 0.5) is 4.39 Å². The topological polar surface area (TPSA) is 66.8 Å². The second-order valence-corrected chi connectivity index (χ2v) is 3.30. The number of likely N-dealkylation sites (N-methyl/N-ethyl adjacent to an activating group) is 1. The lowest BCUT2D eigenvalue weighted by molar-refractivity contribution is -0.149. The summed E-state index contributed by atoms with van der Waals surface area (Å²) in [4.78, 5) is 22.5. The molecule has 0 fully saturated rings. The van der Waals surface area contributed by atoms with Crippen LogP contribution in [0.5, 0.6) is 0 Å². The van der Waals surface area contributed by atoms with Crippen molar-refractivity contribution in [1.29, 1.82) is 0 Å². The van der Waals surface area contributed by atoms with Crippen molar-refractivity contribution in [2.45, 2.75) is 25.8 Å². The molecule has 96 valence electrons. The van der Waals surface area contributed by atoms with Crippen LogP contribution in [-0.2, 0) is 14.3 Å². The lowest BCUT2D eigenvalue weighted by atomic mass is 10.3. The second kappa shape index (κ2) is 9.35. The zero-order chi connectivity index (χ0) is 11.8. The summed E-state index contributed by atoms with van der Waals surface area (Å²) >= 11 is 0. The predicted molar refractivity (Wildman–Crippen MR) is 58.3 cm³/mol. The summed E-state index contributed by atoms with van der Waals surface area (Å²) in [6.07, 6.45) is -0.395. The quantitative estimate of drug-likeness (QED) is 0.546. The molecule has 0 saturated heterocycles. The average Bonchev–Trinajstić information content (AvgIpc) is 2.21. The third-order valence-electron chi connectivity index (χ3n) is 1.97. The smallest absolute Gasteiger partial charge is 0.306 e. The number of carboxylic acid groups (broad SMARTS) is 1. The molecule has 0 radical (unpaired) electrons. The van der Waals surface area contributed by atoms with Gasteiger partial charge < -0.3 is 9.84 Å². The van der Waals surface area contributed by atoms with Gasteiger partial charge in [0.2, 0.25) is 0 Å². The van der Waals surface area contributed by atoms with Crippen LogP contribution in [0.25, 0.3) is 0 Å². The summed E-state index contributed by atoms with van der Waals surface area (Å²) in [5.41, 5.74) is 0. The number of carboxylic acids is 1.